The van der Waals surface area contributed by atoms with Gasteiger partial charge in [0, 0.05) is 0 Å². The van der Waals surface area contributed by atoms with Crippen LogP contribution in [0.2, 0.25) is 0 Å². The fraction of sp³-hybridized carbons (Fsp3) is 0.231. The van der Waals surface area contributed by atoms with Crippen LogP contribution in [0.3, 0.4) is 0 Å². The Kier molecular flexibility index (Phi) is 7.05. The first-order valence-corrected chi connectivity index (χ1v) is 10.0. The number of phenolic OH excluding ortho intramolecular Hbond substituents is 1. The molecule has 144 valence electrons. The van der Waals surface area contributed by atoms with Crippen molar-refractivity contribution in [2.75, 3.05) is 13.6 Å². The SMILES string of the molecule is CC/C(=C(/c1ccc(O)cc1)c1ccc(CCCNC)cc1)c1ccccc1. The third kappa shape index (κ3) is 4.90. The molecule has 2 N–H and O–H groups in total. The Morgan fingerprint density at radius 2 is 1.39 bits per heavy atom. The first-order valence-electron chi connectivity index (χ1n) is 10.0. The number of allylic oxidation sites excluding steroid dienone is 1. The Labute approximate surface area is 168 Å². The van der Waals surface area contributed by atoms with Crippen molar-refractivity contribution in [3.05, 3.63) is 101 Å². The van der Waals surface area contributed by atoms with Crippen LogP contribution < -0.4 is 5.32 Å². The van der Waals surface area contributed by atoms with E-state index in [1.807, 2.05) is 19.2 Å². The number of aromatic hydroxyl groups is 1. The molecule has 0 heterocycles. The third-order valence-electron chi connectivity index (χ3n) is 5.07. The van der Waals surface area contributed by atoms with Crippen molar-refractivity contribution in [2.45, 2.75) is 26.2 Å². The molecule has 2 heteroatoms. The molecule has 0 aliphatic rings. The average molecular weight is 372 g/mol. The standard InChI is InChI=1S/C26H29NO/c1-3-25(21-9-5-4-6-10-21)26(23-15-17-24(28)18-16-23)22-13-11-20(12-14-22)8-7-19-27-2/h4-6,9-18,27-28H,3,7-8,19H2,1-2H3/b26-25-. The van der Waals surface area contributed by atoms with Crippen LogP contribution in [0.5, 0.6) is 5.75 Å². The van der Waals surface area contributed by atoms with Crippen molar-refractivity contribution in [1.82, 2.24) is 5.32 Å². The van der Waals surface area contributed by atoms with Gasteiger partial charge in [0.25, 0.3) is 0 Å². The summed E-state index contributed by atoms with van der Waals surface area (Å²) in [5.74, 6) is 0.292. The van der Waals surface area contributed by atoms with Gasteiger partial charge in [0.15, 0.2) is 0 Å². The minimum atomic E-state index is 0.292. The molecule has 3 aromatic rings. The topological polar surface area (TPSA) is 32.3 Å². The Hall–Kier alpha value is -2.84. The van der Waals surface area contributed by atoms with Gasteiger partial charge in [0.05, 0.1) is 0 Å². The van der Waals surface area contributed by atoms with Crippen molar-refractivity contribution in [2.24, 2.45) is 0 Å². The van der Waals surface area contributed by atoms with Gasteiger partial charge in [-0.25, -0.2) is 0 Å². The highest BCUT2D eigenvalue weighted by Crippen LogP contribution is 2.35. The van der Waals surface area contributed by atoms with E-state index in [4.69, 9.17) is 0 Å². The zero-order valence-electron chi connectivity index (χ0n) is 16.8. The van der Waals surface area contributed by atoms with Gasteiger partial charge in [0.1, 0.15) is 5.75 Å². The van der Waals surface area contributed by atoms with E-state index in [2.05, 4.69) is 66.8 Å². The highest BCUT2D eigenvalue weighted by atomic mass is 16.3. The molecule has 0 aliphatic carbocycles. The maximum Gasteiger partial charge on any atom is 0.115 e. The zero-order valence-corrected chi connectivity index (χ0v) is 16.8. The first-order chi connectivity index (χ1) is 13.7. The van der Waals surface area contributed by atoms with Crippen LogP contribution in [-0.2, 0) is 6.42 Å². The summed E-state index contributed by atoms with van der Waals surface area (Å²) in [6.45, 7) is 3.24. The summed E-state index contributed by atoms with van der Waals surface area (Å²) < 4.78 is 0. The van der Waals surface area contributed by atoms with Crippen molar-refractivity contribution in [3.8, 4) is 5.75 Å². The van der Waals surface area contributed by atoms with E-state index < -0.39 is 0 Å². The number of phenols is 1. The van der Waals surface area contributed by atoms with Crippen molar-refractivity contribution in [3.63, 3.8) is 0 Å². The van der Waals surface area contributed by atoms with E-state index in [1.165, 1.54) is 27.8 Å². The van der Waals surface area contributed by atoms with Crippen LogP contribution in [-0.4, -0.2) is 18.7 Å². The molecule has 0 atom stereocenters. The molecule has 3 aromatic carbocycles. The van der Waals surface area contributed by atoms with E-state index >= 15 is 0 Å². The van der Waals surface area contributed by atoms with E-state index in [1.54, 1.807) is 12.1 Å². The molecule has 0 aliphatic heterocycles. The second-order valence-electron chi connectivity index (χ2n) is 7.02. The highest BCUT2D eigenvalue weighted by molar-refractivity contribution is 5.98. The predicted molar refractivity (Wildman–Crippen MR) is 119 cm³/mol. The molecule has 0 saturated carbocycles. The lowest BCUT2D eigenvalue weighted by Crippen LogP contribution is -2.08. The lowest BCUT2D eigenvalue weighted by atomic mass is 9.87. The second kappa shape index (κ2) is 9.91. The van der Waals surface area contributed by atoms with E-state index in [0.29, 0.717) is 5.75 Å². The summed E-state index contributed by atoms with van der Waals surface area (Å²) >= 11 is 0. The Morgan fingerprint density at radius 3 is 1.96 bits per heavy atom. The fourth-order valence-corrected chi connectivity index (χ4v) is 3.62. The number of benzene rings is 3. The van der Waals surface area contributed by atoms with Crippen LogP contribution in [0.4, 0.5) is 0 Å². The quantitative estimate of drug-likeness (QED) is 0.381. The third-order valence-corrected chi connectivity index (χ3v) is 5.07. The van der Waals surface area contributed by atoms with Crippen molar-refractivity contribution < 1.29 is 5.11 Å². The first kappa shape index (κ1) is 19.9. The number of nitrogens with one attached hydrogen (secondary N) is 1. The minimum absolute atomic E-state index is 0.292. The molecule has 0 unspecified atom stereocenters. The van der Waals surface area contributed by atoms with Crippen molar-refractivity contribution >= 4 is 11.1 Å². The lowest BCUT2D eigenvalue weighted by Gasteiger charge is -2.17. The Balaban J connectivity index is 2.06. The molecule has 2 nitrogen and oxygen atoms in total. The summed E-state index contributed by atoms with van der Waals surface area (Å²) in [6, 6.07) is 27.0. The van der Waals surface area contributed by atoms with E-state index in [9.17, 15) is 5.11 Å². The van der Waals surface area contributed by atoms with Crippen LogP contribution >= 0.6 is 0 Å². The molecular weight excluding hydrogens is 342 g/mol. The molecule has 0 fully saturated rings. The van der Waals surface area contributed by atoms with Crippen LogP contribution in [0.25, 0.3) is 11.1 Å². The molecule has 0 spiro atoms. The number of hydrogen-bond acceptors (Lipinski definition) is 2. The Bertz CT molecular complexity index is 893. The van der Waals surface area contributed by atoms with Gasteiger partial charge in [0.2, 0.25) is 0 Å². The molecule has 3 rings (SSSR count). The number of rotatable bonds is 8. The molecule has 28 heavy (non-hydrogen) atoms. The minimum Gasteiger partial charge on any atom is -0.508 e. The van der Waals surface area contributed by atoms with Crippen LogP contribution in [0, 0.1) is 0 Å². The summed E-state index contributed by atoms with van der Waals surface area (Å²) in [4.78, 5) is 0. The second-order valence-corrected chi connectivity index (χ2v) is 7.02. The normalized spacial score (nSPS) is 11.9. The monoisotopic (exact) mass is 371 g/mol. The summed E-state index contributed by atoms with van der Waals surface area (Å²) in [5.41, 5.74) is 7.49. The van der Waals surface area contributed by atoms with Gasteiger partial charge in [-0.2, -0.15) is 0 Å². The molecule has 0 aromatic heterocycles. The lowest BCUT2D eigenvalue weighted by molar-refractivity contribution is 0.475. The average Bonchev–Trinajstić information content (AvgIpc) is 2.74. The highest BCUT2D eigenvalue weighted by Gasteiger charge is 2.13. The fourth-order valence-electron chi connectivity index (χ4n) is 3.62. The van der Waals surface area contributed by atoms with Gasteiger partial charge in [-0.3, -0.25) is 0 Å². The molecule has 0 saturated heterocycles. The van der Waals surface area contributed by atoms with Crippen LogP contribution in [0.15, 0.2) is 78.9 Å². The largest absolute Gasteiger partial charge is 0.508 e. The van der Waals surface area contributed by atoms with Crippen molar-refractivity contribution in [1.29, 1.82) is 0 Å². The summed E-state index contributed by atoms with van der Waals surface area (Å²) in [6.07, 6.45) is 3.16. The number of aryl methyl sites for hydroxylation is 1. The zero-order chi connectivity index (χ0) is 19.8. The molecule has 0 bridgehead atoms. The summed E-state index contributed by atoms with van der Waals surface area (Å²) in [7, 11) is 1.99. The smallest absolute Gasteiger partial charge is 0.115 e. The van der Waals surface area contributed by atoms with Gasteiger partial charge in [-0.05, 0) is 78.4 Å². The van der Waals surface area contributed by atoms with E-state index in [-0.39, 0.29) is 0 Å². The molecule has 0 amide bonds. The van der Waals surface area contributed by atoms with Gasteiger partial charge < -0.3 is 10.4 Å². The Morgan fingerprint density at radius 1 is 0.786 bits per heavy atom. The van der Waals surface area contributed by atoms with Gasteiger partial charge in [-0.15, -0.1) is 0 Å². The predicted octanol–water partition coefficient (Wildman–Crippen LogP) is 5.91. The molecular formula is C26H29NO. The maximum atomic E-state index is 9.74. The number of hydrogen-bond donors (Lipinski definition) is 2. The van der Waals surface area contributed by atoms with E-state index in [0.717, 1.165) is 31.4 Å². The van der Waals surface area contributed by atoms with Gasteiger partial charge in [-0.1, -0.05) is 73.7 Å². The maximum absolute atomic E-state index is 9.74. The van der Waals surface area contributed by atoms with Crippen LogP contribution in [0.1, 0.15) is 42.0 Å². The molecule has 0 radical (unpaired) electrons. The summed E-state index contributed by atoms with van der Waals surface area (Å²) in [5, 5.41) is 12.9. The van der Waals surface area contributed by atoms with Gasteiger partial charge >= 0.3 is 0 Å².